The van der Waals surface area contributed by atoms with E-state index < -0.39 is 15.2 Å². The van der Waals surface area contributed by atoms with Gasteiger partial charge in [-0.05, 0) is 37.0 Å². The molecule has 1 N–H and O–H groups in total. The third-order valence-corrected chi connectivity index (χ3v) is 4.33. The number of hydrogen-bond donors (Lipinski definition) is 1. The summed E-state index contributed by atoms with van der Waals surface area (Å²) in [6.45, 7) is 0. The smallest absolute Gasteiger partial charge is 0.272 e. The van der Waals surface area contributed by atoms with Gasteiger partial charge in [0.2, 0.25) is 0 Å². The minimum atomic E-state index is -2.08. The highest BCUT2D eigenvalue weighted by molar-refractivity contribution is 6.76. The number of carbonyl (C=O) groups is 2. The molecule has 2 unspecified atom stereocenters. The molecule has 1 aliphatic rings. The predicted octanol–water partition coefficient (Wildman–Crippen LogP) is 3.76. The Morgan fingerprint density at radius 1 is 1.35 bits per heavy atom. The van der Waals surface area contributed by atoms with Crippen molar-refractivity contribution in [1.82, 2.24) is 5.32 Å². The first-order valence-corrected chi connectivity index (χ1v) is 8.16. The molecular formula is C16H15Cl3FNO2. The summed E-state index contributed by atoms with van der Waals surface area (Å²) in [5.74, 6) is -1.27. The molecule has 0 saturated heterocycles. The van der Waals surface area contributed by atoms with Crippen LogP contribution in [0.5, 0.6) is 0 Å². The molecule has 23 heavy (non-hydrogen) atoms. The number of hydrogen-bond acceptors (Lipinski definition) is 2. The summed E-state index contributed by atoms with van der Waals surface area (Å²) in [6.07, 6.45) is 5.83. The number of halogens is 4. The Hall–Kier alpha value is -1.10. The lowest BCUT2D eigenvalue weighted by atomic mass is 9.79. The van der Waals surface area contributed by atoms with Gasteiger partial charge in [0.15, 0.2) is 0 Å². The molecule has 0 heterocycles. The van der Waals surface area contributed by atoms with E-state index >= 15 is 0 Å². The molecule has 1 amide bonds. The Morgan fingerprint density at radius 3 is 2.48 bits per heavy atom. The van der Waals surface area contributed by atoms with Gasteiger partial charge in [-0.3, -0.25) is 4.79 Å². The zero-order chi connectivity index (χ0) is 17.1. The first kappa shape index (κ1) is 18.2. The molecule has 0 fully saturated rings. The van der Waals surface area contributed by atoms with E-state index in [1.807, 2.05) is 0 Å². The average molecular weight is 379 g/mol. The quantitative estimate of drug-likeness (QED) is 0.492. The van der Waals surface area contributed by atoms with Crippen LogP contribution >= 0.6 is 34.8 Å². The van der Waals surface area contributed by atoms with Gasteiger partial charge < -0.3 is 10.1 Å². The lowest BCUT2D eigenvalue weighted by Crippen LogP contribution is -2.53. The molecule has 1 aliphatic carbocycles. The molecule has 1 aromatic rings. The Kier molecular flexibility index (Phi) is 5.71. The van der Waals surface area contributed by atoms with Crippen molar-refractivity contribution >= 4 is 47.0 Å². The van der Waals surface area contributed by atoms with Crippen LogP contribution in [0.2, 0.25) is 0 Å². The van der Waals surface area contributed by atoms with Gasteiger partial charge in [-0.1, -0.05) is 59.1 Å². The fraction of sp³-hybridized carbons (Fsp3) is 0.375. The van der Waals surface area contributed by atoms with E-state index in [9.17, 15) is 14.0 Å². The van der Waals surface area contributed by atoms with E-state index in [0.29, 0.717) is 19.3 Å². The number of amides is 1. The van der Waals surface area contributed by atoms with Gasteiger partial charge in [-0.2, -0.15) is 0 Å². The molecule has 0 aromatic heterocycles. The van der Waals surface area contributed by atoms with E-state index in [0.717, 1.165) is 11.8 Å². The van der Waals surface area contributed by atoms with Gasteiger partial charge in [-0.25, -0.2) is 4.39 Å². The lowest BCUT2D eigenvalue weighted by Gasteiger charge is -2.36. The number of aldehydes is 1. The minimum Gasteiger partial charge on any atom is -0.343 e. The molecule has 3 nitrogen and oxygen atoms in total. The highest BCUT2D eigenvalue weighted by Gasteiger charge is 2.39. The highest BCUT2D eigenvalue weighted by atomic mass is 35.6. The molecule has 2 atom stereocenters. The molecule has 0 spiro atoms. The number of nitrogens with one attached hydrogen (secondary N) is 1. The van der Waals surface area contributed by atoms with Gasteiger partial charge in [0.25, 0.3) is 9.70 Å². The molecule has 124 valence electrons. The normalized spacial score (nSPS) is 24.3. The Balaban J connectivity index is 2.26. The average Bonchev–Trinajstić information content (AvgIpc) is 2.49. The number of allylic oxidation sites excluding steroid dienone is 1. The second-order valence-corrected chi connectivity index (χ2v) is 7.89. The summed E-state index contributed by atoms with van der Waals surface area (Å²) in [5.41, 5.74) is 0.0449. The Labute approximate surface area is 148 Å². The van der Waals surface area contributed by atoms with Crippen molar-refractivity contribution in [2.24, 2.45) is 5.92 Å². The molecular weight excluding hydrogens is 364 g/mol. The number of rotatable bonds is 4. The van der Waals surface area contributed by atoms with Crippen LogP contribution in [-0.2, 0) is 16.0 Å². The van der Waals surface area contributed by atoms with Crippen molar-refractivity contribution in [3.63, 3.8) is 0 Å². The Bertz CT molecular complexity index is 613. The Morgan fingerprint density at radius 2 is 2.00 bits per heavy atom. The maximum absolute atomic E-state index is 13.0. The number of benzene rings is 1. The van der Waals surface area contributed by atoms with Crippen LogP contribution < -0.4 is 5.32 Å². The summed E-state index contributed by atoms with van der Waals surface area (Å²) in [4.78, 5) is 23.0. The van der Waals surface area contributed by atoms with Crippen molar-refractivity contribution in [3.05, 3.63) is 47.8 Å². The van der Waals surface area contributed by atoms with Crippen LogP contribution in [-0.4, -0.2) is 21.5 Å². The summed E-state index contributed by atoms with van der Waals surface area (Å²) in [5, 5.41) is 2.75. The summed E-state index contributed by atoms with van der Waals surface area (Å²) in [7, 11) is 0. The lowest BCUT2D eigenvalue weighted by molar-refractivity contribution is -0.121. The fourth-order valence-corrected chi connectivity index (χ4v) is 2.73. The van der Waals surface area contributed by atoms with Crippen LogP contribution in [0.4, 0.5) is 4.39 Å². The predicted molar refractivity (Wildman–Crippen MR) is 89.2 cm³/mol. The standard InChI is InChI=1S/C16H15Cl3FNO2/c17-16(18,19)14(23)21-15(7-5-12(10-22)6-8-15)9-11-1-3-13(20)4-2-11/h1-5,7,10,12H,6,8-9H2,(H,21,23). The monoisotopic (exact) mass is 377 g/mol. The van der Waals surface area contributed by atoms with E-state index in [4.69, 9.17) is 34.8 Å². The van der Waals surface area contributed by atoms with Crippen LogP contribution in [0.1, 0.15) is 18.4 Å². The second-order valence-electron chi connectivity index (χ2n) is 5.61. The zero-order valence-corrected chi connectivity index (χ0v) is 14.3. The summed E-state index contributed by atoms with van der Waals surface area (Å²) in [6, 6.07) is 5.97. The van der Waals surface area contributed by atoms with Crippen LogP contribution in [0.15, 0.2) is 36.4 Å². The largest absolute Gasteiger partial charge is 0.343 e. The molecule has 2 rings (SSSR count). The van der Waals surface area contributed by atoms with Crippen LogP contribution in [0.3, 0.4) is 0 Å². The van der Waals surface area contributed by atoms with Crippen molar-refractivity contribution in [3.8, 4) is 0 Å². The summed E-state index contributed by atoms with van der Waals surface area (Å²) >= 11 is 16.9. The van der Waals surface area contributed by atoms with Gasteiger partial charge in [0, 0.05) is 5.92 Å². The third kappa shape index (κ3) is 4.93. The van der Waals surface area contributed by atoms with E-state index in [2.05, 4.69) is 5.32 Å². The molecule has 0 radical (unpaired) electrons. The fourth-order valence-electron chi connectivity index (χ4n) is 2.58. The van der Waals surface area contributed by atoms with E-state index in [1.54, 1.807) is 24.3 Å². The first-order chi connectivity index (χ1) is 10.7. The maximum Gasteiger partial charge on any atom is 0.272 e. The molecule has 1 aromatic carbocycles. The highest BCUT2D eigenvalue weighted by Crippen LogP contribution is 2.32. The first-order valence-electron chi connectivity index (χ1n) is 7.02. The van der Waals surface area contributed by atoms with Crippen molar-refractivity contribution < 1.29 is 14.0 Å². The zero-order valence-electron chi connectivity index (χ0n) is 12.1. The van der Waals surface area contributed by atoms with Gasteiger partial charge >= 0.3 is 0 Å². The SMILES string of the molecule is O=CC1C=CC(Cc2ccc(F)cc2)(NC(=O)C(Cl)(Cl)Cl)CC1. The van der Waals surface area contributed by atoms with E-state index in [-0.39, 0.29) is 11.7 Å². The van der Waals surface area contributed by atoms with Gasteiger partial charge in [-0.15, -0.1) is 0 Å². The maximum atomic E-state index is 13.0. The van der Waals surface area contributed by atoms with Crippen LogP contribution in [0, 0.1) is 11.7 Å². The van der Waals surface area contributed by atoms with E-state index in [1.165, 1.54) is 12.1 Å². The molecule has 0 aliphatic heterocycles. The van der Waals surface area contributed by atoms with Crippen LogP contribution in [0.25, 0.3) is 0 Å². The van der Waals surface area contributed by atoms with Crippen molar-refractivity contribution in [2.45, 2.75) is 28.6 Å². The van der Waals surface area contributed by atoms with Crippen molar-refractivity contribution in [1.29, 1.82) is 0 Å². The molecule has 0 bridgehead atoms. The second kappa shape index (κ2) is 7.20. The topological polar surface area (TPSA) is 46.2 Å². The number of alkyl halides is 3. The molecule has 0 saturated carbocycles. The van der Waals surface area contributed by atoms with Gasteiger partial charge in [0.1, 0.15) is 12.1 Å². The molecule has 7 heteroatoms. The summed E-state index contributed by atoms with van der Waals surface area (Å²) < 4.78 is 11.0. The van der Waals surface area contributed by atoms with Gasteiger partial charge in [0.05, 0.1) is 5.54 Å². The van der Waals surface area contributed by atoms with Crippen molar-refractivity contribution in [2.75, 3.05) is 0 Å². The number of carbonyl (C=O) groups excluding carboxylic acids is 2. The third-order valence-electron chi connectivity index (χ3n) is 3.81. The minimum absolute atomic E-state index is 0.194.